The second kappa shape index (κ2) is 9.76. The van der Waals surface area contributed by atoms with Gasteiger partial charge in [-0.05, 0) is 85.4 Å². The van der Waals surface area contributed by atoms with E-state index < -0.39 is 13.9 Å². The molecule has 37 heavy (non-hydrogen) atoms. The van der Waals surface area contributed by atoms with Gasteiger partial charge in [0.1, 0.15) is 11.5 Å². The van der Waals surface area contributed by atoms with Crippen molar-refractivity contribution in [3.8, 4) is 5.69 Å². The first kappa shape index (κ1) is 25.7. The van der Waals surface area contributed by atoms with E-state index in [0.717, 1.165) is 54.3 Å². The Kier molecular flexibility index (Phi) is 6.79. The Balaban J connectivity index is 1.57. The van der Waals surface area contributed by atoms with Crippen LogP contribution in [0.3, 0.4) is 0 Å². The van der Waals surface area contributed by atoms with Crippen LogP contribution >= 0.6 is 0 Å². The van der Waals surface area contributed by atoms with Gasteiger partial charge in [-0.3, -0.25) is 9.78 Å². The Bertz CT molecular complexity index is 1310. The van der Waals surface area contributed by atoms with Gasteiger partial charge in [-0.2, -0.15) is 5.10 Å². The summed E-state index contributed by atoms with van der Waals surface area (Å²) in [5.74, 6) is -0.219. The number of fused-ring (bicyclic) bond motifs is 2. The van der Waals surface area contributed by atoms with Gasteiger partial charge in [0, 0.05) is 18.0 Å². The number of aromatic nitrogens is 3. The molecule has 3 aromatic rings. The first-order valence-electron chi connectivity index (χ1n) is 13.5. The van der Waals surface area contributed by atoms with Crippen LogP contribution in [0.5, 0.6) is 0 Å². The normalized spacial score (nSPS) is 22.9. The smallest absolute Gasteiger partial charge is 0.192 e. The minimum atomic E-state index is -2.05. The highest BCUT2D eigenvalue weighted by Crippen LogP contribution is 2.60. The number of benzene rings is 1. The van der Waals surface area contributed by atoms with Crippen LogP contribution in [0.15, 0.2) is 60.4 Å². The maximum Gasteiger partial charge on any atom is 0.192 e. The van der Waals surface area contributed by atoms with E-state index in [2.05, 4.69) is 43.9 Å². The van der Waals surface area contributed by atoms with Gasteiger partial charge in [0.25, 0.3) is 0 Å². The molecule has 0 amide bonds. The molecule has 7 heteroatoms. The van der Waals surface area contributed by atoms with Gasteiger partial charge in [-0.15, -0.1) is 0 Å². The van der Waals surface area contributed by atoms with E-state index in [0.29, 0.717) is 12.1 Å². The van der Waals surface area contributed by atoms with Gasteiger partial charge in [0.05, 0.1) is 23.2 Å². The lowest BCUT2D eigenvalue weighted by atomic mass is 9.65. The van der Waals surface area contributed by atoms with E-state index in [4.69, 9.17) is 4.43 Å². The predicted octanol–water partition coefficient (Wildman–Crippen LogP) is 7.18. The third-order valence-electron chi connectivity index (χ3n) is 9.07. The van der Waals surface area contributed by atoms with Crippen LogP contribution in [0.1, 0.15) is 68.7 Å². The van der Waals surface area contributed by atoms with Crippen molar-refractivity contribution in [2.45, 2.75) is 77.1 Å². The van der Waals surface area contributed by atoms with Crippen molar-refractivity contribution in [2.24, 2.45) is 5.41 Å². The number of hydrogen-bond donors (Lipinski definition) is 0. The number of carbonyl (C=O) groups is 1. The second-order valence-corrected chi connectivity index (χ2v) is 15.5. The Morgan fingerprint density at radius 2 is 1.84 bits per heavy atom. The fourth-order valence-corrected chi connectivity index (χ4v) is 9.61. The second-order valence-electron chi connectivity index (χ2n) is 10.8. The molecule has 0 radical (unpaired) electrons. The molecule has 0 saturated heterocycles. The molecule has 2 atom stereocenters. The highest BCUT2D eigenvalue weighted by Gasteiger charge is 2.59. The summed E-state index contributed by atoms with van der Waals surface area (Å²) in [6, 6.07) is 15.0. The molecule has 2 aromatic heterocycles. The van der Waals surface area contributed by atoms with Crippen LogP contribution in [-0.4, -0.2) is 34.5 Å². The van der Waals surface area contributed by atoms with Crippen LogP contribution in [0.2, 0.25) is 18.1 Å². The molecule has 0 bridgehead atoms. The van der Waals surface area contributed by atoms with Crippen LogP contribution in [-0.2, 0) is 10.8 Å². The molecule has 1 saturated carbocycles. The van der Waals surface area contributed by atoms with Gasteiger partial charge >= 0.3 is 0 Å². The molecule has 1 aromatic carbocycles. The van der Waals surface area contributed by atoms with Crippen LogP contribution in [0, 0.1) is 11.2 Å². The van der Waals surface area contributed by atoms with Crippen LogP contribution < -0.4 is 0 Å². The summed E-state index contributed by atoms with van der Waals surface area (Å²) in [6.45, 7) is 9.02. The van der Waals surface area contributed by atoms with Crippen molar-refractivity contribution in [2.75, 3.05) is 0 Å². The Morgan fingerprint density at radius 3 is 2.49 bits per heavy atom. The molecule has 0 aliphatic heterocycles. The van der Waals surface area contributed by atoms with Gasteiger partial charge in [0.15, 0.2) is 14.1 Å². The molecule has 194 valence electrons. The summed E-state index contributed by atoms with van der Waals surface area (Å²) in [7, 11) is -2.05. The van der Waals surface area contributed by atoms with E-state index in [1.54, 1.807) is 24.4 Å². The minimum absolute atomic E-state index is 0.0436. The van der Waals surface area contributed by atoms with E-state index in [1.165, 1.54) is 17.7 Å². The number of Topliss-reactive ketones (excluding diaryl/α,β-unsaturated/α-hetero) is 1. The van der Waals surface area contributed by atoms with E-state index in [-0.39, 0.29) is 17.0 Å². The monoisotopic (exact) mass is 517 g/mol. The molecule has 0 unspecified atom stereocenters. The molecular weight excluding hydrogens is 481 g/mol. The van der Waals surface area contributed by atoms with Gasteiger partial charge in [-0.25, -0.2) is 9.07 Å². The third-order valence-corrected chi connectivity index (χ3v) is 13.8. The highest BCUT2D eigenvalue weighted by molar-refractivity contribution is 6.73. The molecule has 2 heterocycles. The standard InChI is InChI=1S/C30H36FN3O2Si/c1-5-37(6-2,7-3)36-30(20-28(35)26-10-8-9-17-32-26)16-15-23-18-27-22(19-29(23,30)4)21-33-34(27)25-13-11-24(31)12-14-25/h8-14,17-18,21H,5-7,15-16,19-20H2,1-4H3/t29-,30+/m0/s1. The van der Waals surface area contributed by atoms with Crippen molar-refractivity contribution in [3.05, 3.63) is 83.2 Å². The quantitative estimate of drug-likeness (QED) is 0.223. The lowest BCUT2D eigenvalue weighted by Crippen LogP contribution is -2.55. The highest BCUT2D eigenvalue weighted by atomic mass is 28.4. The summed E-state index contributed by atoms with van der Waals surface area (Å²) in [4.78, 5) is 18.0. The molecule has 0 N–H and O–H groups in total. The van der Waals surface area contributed by atoms with Crippen LogP contribution in [0.25, 0.3) is 11.8 Å². The minimum Gasteiger partial charge on any atom is -0.410 e. The maximum atomic E-state index is 13.6. The summed E-state index contributed by atoms with van der Waals surface area (Å²) in [5, 5.41) is 4.68. The topological polar surface area (TPSA) is 57.0 Å². The lowest BCUT2D eigenvalue weighted by Gasteiger charge is -2.50. The van der Waals surface area contributed by atoms with Crippen molar-refractivity contribution < 1.29 is 13.6 Å². The van der Waals surface area contributed by atoms with Gasteiger partial charge < -0.3 is 4.43 Å². The predicted molar refractivity (Wildman–Crippen MR) is 147 cm³/mol. The largest absolute Gasteiger partial charge is 0.410 e. The molecule has 5 nitrogen and oxygen atoms in total. The fraction of sp³-hybridized carbons (Fsp3) is 0.433. The SMILES string of the molecule is CC[Si](CC)(CC)O[C@@]1(CC(=O)c2ccccn2)CCC2=Cc3c(cnn3-c3ccc(F)cc3)C[C@@]21C. The number of carbonyl (C=O) groups excluding carboxylic acids is 1. The zero-order valence-corrected chi connectivity index (χ0v) is 23.3. The molecule has 5 rings (SSSR count). The number of halogens is 1. The van der Waals surface area contributed by atoms with Crippen molar-refractivity contribution in [1.29, 1.82) is 0 Å². The van der Waals surface area contributed by atoms with Crippen molar-refractivity contribution >= 4 is 20.2 Å². The zero-order chi connectivity index (χ0) is 26.3. The van der Waals surface area contributed by atoms with E-state index in [9.17, 15) is 9.18 Å². The molecule has 1 fully saturated rings. The third kappa shape index (κ3) is 4.32. The van der Waals surface area contributed by atoms with Gasteiger partial charge in [0.2, 0.25) is 0 Å². The number of nitrogens with zero attached hydrogens (tertiary/aromatic N) is 3. The first-order chi connectivity index (χ1) is 17.8. The lowest BCUT2D eigenvalue weighted by molar-refractivity contribution is -0.0265. The van der Waals surface area contributed by atoms with E-state index >= 15 is 0 Å². The summed E-state index contributed by atoms with van der Waals surface area (Å²) in [6.07, 6.45) is 8.63. The Labute approximate surface area is 219 Å². The average molecular weight is 518 g/mol. The van der Waals surface area contributed by atoms with Crippen LogP contribution in [0.4, 0.5) is 4.39 Å². The molecule has 2 aliphatic carbocycles. The number of ketones is 1. The summed E-state index contributed by atoms with van der Waals surface area (Å²) in [5.41, 5.74) is 3.91. The van der Waals surface area contributed by atoms with Crippen molar-refractivity contribution in [3.63, 3.8) is 0 Å². The number of rotatable bonds is 9. The van der Waals surface area contributed by atoms with Gasteiger partial charge in [-0.1, -0.05) is 39.3 Å². The van der Waals surface area contributed by atoms with Crippen molar-refractivity contribution in [1.82, 2.24) is 14.8 Å². The summed E-state index contributed by atoms with van der Waals surface area (Å²) < 4.78 is 22.8. The average Bonchev–Trinajstić information content (AvgIpc) is 3.44. The molecule has 0 spiro atoms. The fourth-order valence-electron chi connectivity index (χ4n) is 6.44. The van der Waals surface area contributed by atoms with E-state index in [1.807, 2.05) is 23.0 Å². The number of pyridine rings is 1. The molecular formula is C30H36FN3O2Si. The zero-order valence-electron chi connectivity index (χ0n) is 22.3. The molecule has 2 aliphatic rings. The Morgan fingerprint density at radius 1 is 1.11 bits per heavy atom. The summed E-state index contributed by atoms with van der Waals surface area (Å²) >= 11 is 0. The Hall–Kier alpha value is -2.90. The number of hydrogen-bond acceptors (Lipinski definition) is 4. The maximum absolute atomic E-state index is 13.6. The first-order valence-corrected chi connectivity index (χ1v) is 16.0.